The van der Waals surface area contributed by atoms with Crippen molar-refractivity contribution in [1.29, 1.82) is 0 Å². The van der Waals surface area contributed by atoms with E-state index in [4.69, 9.17) is 9.84 Å². The van der Waals surface area contributed by atoms with Crippen LogP contribution in [0.15, 0.2) is 54.9 Å². The zero-order chi connectivity index (χ0) is 19.7. The number of fused-ring (bicyclic) bond motifs is 1. The molecule has 1 aromatic carbocycles. The number of aromatic carboxylic acids is 1. The summed E-state index contributed by atoms with van der Waals surface area (Å²) in [5, 5.41) is 12.1. The molecule has 28 heavy (non-hydrogen) atoms. The van der Waals surface area contributed by atoms with E-state index >= 15 is 0 Å². The van der Waals surface area contributed by atoms with Gasteiger partial charge >= 0.3 is 5.97 Å². The maximum atomic E-state index is 11.0. The molecule has 0 bridgehead atoms. The number of nitrogens with one attached hydrogen (secondary N) is 1. The van der Waals surface area contributed by atoms with Crippen LogP contribution in [0.25, 0.3) is 17.0 Å². The van der Waals surface area contributed by atoms with E-state index in [2.05, 4.69) is 20.3 Å². The highest BCUT2D eigenvalue weighted by Crippen LogP contribution is 2.26. The molecule has 0 amide bonds. The van der Waals surface area contributed by atoms with Crippen LogP contribution in [-0.2, 0) is 0 Å². The quantitative estimate of drug-likeness (QED) is 0.550. The lowest BCUT2D eigenvalue weighted by molar-refractivity contribution is 0.0697. The molecule has 0 saturated heterocycles. The van der Waals surface area contributed by atoms with Gasteiger partial charge in [0.2, 0.25) is 5.95 Å². The third kappa shape index (κ3) is 3.23. The molecule has 0 spiro atoms. The first-order chi connectivity index (χ1) is 13.5. The van der Waals surface area contributed by atoms with Crippen molar-refractivity contribution in [3.8, 4) is 17.1 Å². The van der Waals surface area contributed by atoms with Crippen LogP contribution in [0, 0.1) is 6.92 Å². The average molecular weight is 375 g/mol. The minimum absolute atomic E-state index is 0.218. The van der Waals surface area contributed by atoms with Crippen molar-refractivity contribution < 1.29 is 14.6 Å². The number of aryl methyl sites for hydroxylation is 1. The Morgan fingerprint density at radius 1 is 1.11 bits per heavy atom. The topological polar surface area (TPSA) is 102 Å². The van der Waals surface area contributed by atoms with Crippen molar-refractivity contribution in [2.24, 2.45) is 0 Å². The van der Waals surface area contributed by atoms with Gasteiger partial charge in [-0.25, -0.2) is 19.7 Å². The van der Waals surface area contributed by atoms with Gasteiger partial charge in [0.15, 0.2) is 0 Å². The number of pyridine rings is 1. The average Bonchev–Trinajstić information content (AvgIpc) is 3.03. The summed E-state index contributed by atoms with van der Waals surface area (Å²) >= 11 is 0. The van der Waals surface area contributed by atoms with Crippen LogP contribution in [0.2, 0.25) is 0 Å². The lowest BCUT2D eigenvalue weighted by Gasteiger charge is -2.08. The monoisotopic (exact) mass is 375 g/mol. The predicted molar refractivity (Wildman–Crippen MR) is 104 cm³/mol. The molecule has 4 rings (SSSR count). The summed E-state index contributed by atoms with van der Waals surface area (Å²) in [4.78, 5) is 24.4. The molecule has 8 nitrogen and oxygen atoms in total. The normalized spacial score (nSPS) is 10.8. The number of imidazole rings is 1. The molecule has 8 heteroatoms. The fourth-order valence-electron chi connectivity index (χ4n) is 2.95. The predicted octanol–water partition coefficient (Wildman–Crippen LogP) is 3.55. The summed E-state index contributed by atoms with van der Waals surface area (Å²) in [6.45, 7) is 1.93. The van der Waals surface area contributed by atoms with Crippen molar-refractivity contribution >= 4 is 23.3 Å². The molecule has 2 N–H and O–H groups in total. The molecule has 0 aliphatic carbocycles. The number of nitrogens with zero attached hydrogens (tertiary/aromatic N) is 4. The largest absolute Gasteiger partial charge is 0.495 e. The third-order valence-electron chi connectivity index (χ3n) is 4.29. The van der Waals surface area contributed by atoms with Gasteiger partial charge in [0, 0.05) is 11.9 Å². The van der Waals surface area contributed by atoms with Crippen molar-refractivity contribution in [3.63, 3.8) is 0 Å². The first-order valence-electron chi connectivity index (χ1n) is 8.51. The molecule has 0 aliphatic rings. The third-order valence-corrected chi connectivity index (χ3v) is 4.29. The number of aromatic nitrogens is 4. The van der Waals surface area contributed by atoms with E-state index < -0.39 is 5.97 Å². The van der Waals surface area contributed by atoms with Crippen molar-refractivity contribution in [3.05, 3.63) is 66.1 Å². The first kappa shape index (κ1) is 17.5. The molecular weight excluding hydrogens is 358 g/mol. The lowest BCUT2D eigenvalue weighted by atomic mass is 10.2. The van der Waals surface area contributed by atoms with Gasteiger partial charge in [-0.2, -0.15) is 0 Å². The number of methoxy groups -OCH3 is 1. The second-order valence-corrected chi connectivity index (χ2v) is 6.12. The number of carboxylic acid groups (broad SMARTS) is 1. The smallest absolute Gasteiger partial charge is 0.335 e. The Morgan fingerprint density at radius 2 is 1.89 bits per heavy atom. The Bertz CT molecular complexity index is 1170. The van der Waals surface area contributed by atoms with Crippen molar-refractivity contribution in [2.45, 2.75) is 6.92 Å². The Labute approximate surface area is 160 Å². The second-order valence-electron chi connectivity index (χ2n) is 6.12. The van der Waals surface area contributed by atoms with Crippen LogP contribution < -0.4 is 10.1 Å². The van der Waals surface area contributed by atoms with Gasteiger partial charge in [-0.3, -0.25) is 4.40 Å². The minimum atomic E-state index is -0.969. The van der Waals surface area contributed by atoms with E-state index in [1.165, 1.54) is 12.1 Å². The molecule has 3 heterocycles. The lowest BCUT2D eigenvalue weighted by Crippen LogP contribution is -2.01. The standard InChI is InChI=1S/C20H17N5O3/c1-12-18(25-11-15(28-2)7-8-17(25)22-12)16-9-10-21-20(24-16)23-14-5-3-13(4-6-14)19(26)27/h3-11H,1-2H3,(H,26,27)(H,21,23,24). The van der Waals surface area contributed by atoms with Gasteiger partial charge in [-0.1, -0.05) is 0 Å². The van der Waals surface area contributed by atoms with Crippen LogP contribution in [0.3, 0.4) is 0 Å². The molecule has 140 valence electrons. The van der Waals surface area contributed by atoms with Gasteiger partial charge in [0.25, 0.3) is 0 Å². The Kier molecular flexibility index (Phi) is 4.36. The summed E-state index contributed by atoms with van der Waals surface area (Å²) in [6.07, 6.45) is 3.53. The molecule has 0 unspecified atom stereocenters. The zero-order valence-corrected chi connectivity index (χ0v) is 15.2. The van der Waals surface area contributed by atoms with Crippen molar-refractivity contribution in [2.75, 3.05) is 12.4 Å². The molecule has 3 aromatic heterocycles. The number of ether oxygens (including phenoxy) is 1. The number of carboxylic acids is 1. The van der Waals surface area contributed by atoms with Crippen molar-refractivity contribution in [1.82, 2.24) is 19.4 Å². The molecule has 4 aromatic rings. The highest BCUT2D eigenvalue weighted by Gasteiger charge is 2.14. The minimum Gasteiger partial charge on any atom is -0.495 e. The summed E-state index contributed by atoms with van der Waals surface area (Å²) in [5.74, 6) is 0.151. The van der Waals surface area contributed by atoms with Gasteiger partial charge in [-0.05, 0) is 49.4 Å². The number of benzene rings is 1. The number of hydrogen-bond donors (Lipinski definition) is 2. The summed E-state index contributed by atoms with van der Waals surface area (Å²) in [5.41, 5.74) is 4.10. The van der Waals surface area contributed by atoms with Crippen LogP contribution in [-0.4, -0.2) is 37.5 Å². The van der Waals surface area contributed by atoms with Crippen LogP contribution in [0.4, 0.5) is 11.6 Å². The maximum absolute atomic E-state index is 11.0. The van der Waals surface area contributed by atoms with E-state index in [1.54, 1.807) is 25.4 Å². The molecule has 0 radical (unpaired) electrons. The summed E-state index contributed by atoms with van der Waals surface area (Å²) in [6, 6.07) is 12.0. The van der Waals surface area contributed by atoms with E-state index in [0.717, 1.165) is 22.8 Å². The van der Waals surface area contributed by atoms with E-state index in [9.17, 15) is 4.79 Å². The number of carbonyl (C=O) groups is 1. The van der Waals surface area contributed by atoms with Gasteiger partial charge in [-0.15, -0.1) is 0 Å². The summed E-state index contributed by atoms with van der Waals surface area (Å²) < 4.78 is 7.25. The van der Waals surface area contributed by atoms with Crippen LogP contribution in [0.5, 0.6) is 5.75 Å². The molecule has 0 aliphatic heterocycles. The molecular formula is C20H17N5O3. The van der Waals surface area contributed by atoms with Gasteiger partial charge < -0.3 is 15.2 Å². The fourth-order valence-corrected chi connectivity index (χ4v) is 2.95. The Hall–Kier alpha value is -3.94. The number of anilines is 2. The van der Waals surface area contributed by atoms with E-state index in [-0.39, 0.29) is 5.56 Å². The molecule has 0 fully saturated rings. The SMILES string of the molecule is COc1ccc2nc(C)c(-c3ccnc(Nc4ccc(C(=O)O)cc4)n3)n2c1. The highest BCUT2D eigenvalue weighted by molar-refractivity contribution is 5.88. The van der Waals surface area contributed by atoms with Gasteiger partial charge in [0.1, 0.15) is 11.4 Å². The Balaban J connectivity index is 1.70. The maximum Gasteiger partial charge on any atom is 0.335 e. The van der Waals surface area contributed by atoms with Gasteiger partial charge in [0.05, 0.1) is 36.0 Å². The summed E-state index contributed by atoms with van der Waals surface area (Å²) in [7, 11) is 1.62. The Morgan fingerprint density at radius 3 is 2.61 bits per heavy atom. The second kappa shape index (κ2) is 6.99. The molecule has 0 saturated carbocycles. The van der Waals surface area contributed by atoms with E-state index in [1.807, 2.05) is 35.7 Å². The highest BCUT2D eigenvalue weighted by atomic mass is 16.5. The number of hydrogen-bond acceptors (Lipinski definition) is 6. The zero-order valence-electron chi connectivity index (χ0n) is 15.2. The van der Waals surface area contributed by atoms with E-state index in [0.29, 0.717) is 17.3 Å². The first-order valence-corrected chi connectivity index (χ1v) is 8.51. The number of rotatable bonds is 5. The fraction of sp³-hybridized carbons (Fsp3) is 0.100. The van der Waals surface area contributed by atoms with Crippen LogP contribution in [0.1, 0.15) is 16.1 Å². The molecule has 0 atom stereocenters. The van der Waals surface area contributed by atoms with Crippen LogP contribution >= 0.6 is 0 Å².